The average molecular weight is 272 g/mol. The first-order valence-corrected chi connectivity index (χ1v) is 6.70. The van der Waals surface area contributed by atoms with E-state index in [-0.39, 0.29) is 12.0 Å². The molecule has 2 aromatic rings. The van der Waals surface area contributed by atoms with Crippen molar-refractivity contribution in [3.63, 3.8) is 0 Å². The Morgan fingerprint density at radius 1 is 1.40 bits per heavy atom. The minimum absolute atomic E-state index is 0.0409. The number of carbonyl (C=O) groups excluding carboxylic acids is 1. The lowest BCUT2D eigenvalue weighted by Gasteiger charge is -2.07. The zero-order chi connectivity index (χ0) is 13.8. The van der Waals surface area contributed by atoms with Crippen LogP contribution in [-0.4, -0.2) is 33.6 Å². The number of nitrogens with one attached hydrogen (secondary N) is 1. The van der Waals surface area contributed by atoms with Gasteiger partial charge in [-0.05, 0) is 25.0 Å². The number of benzene rings is 1. The molecule has 0 radical (unpaired) electrons. The Morgan fingerprint density at radius 3 is 3.00 bits per heavy atom. The van der Waals surface area contributed by atoms with Gasteiger partial charge >= 0.3 is 0 Å². The molecule has 1 fully saturated rings. The second kappa shape index (κ2) is 5.83. The average Bonchev–Trinajstić information content (AvgIpc) is 3.11. The summed E-state index contributed by atoms with van der Waals surface area (Å²) in [6, 6.07) is 9.63. The van der Waals surface area contributed by atoms with E-state index in [0.717, 1.165) is 25.1 Å². The number of anilines is 1. The fraction of sp³-hybridized carbons (Fsp3) is 0.357. The fourth-order valence-corrected chi connectivity index (χ4v) is 2.23. The van der Waals surface area contributed by atoms with E-state index in [0.29, 0.717) is 12.2 Å². The molecule has 0 saturated carbocycles. The molecule has 0 aliphatic carbocycles. The maximum absolute atomic E-state index is 11.8. The third-order valence-corrected chi connectivity index (χ3v) is 3.22. The molecule has 1 N–H and O–H groups in total. The van der Waals surface area contributed by atoms with E-state index in [1.54, 1.807) is 10.9 Å². The fourth-order valence-electron chi connectivity index (χ4n) is 2.23. The van der Waals surface area contributed by atoms with Crippen LogP contribution in [0.25, 0.3) is 5.69 Å². The molecule has 1 saturated heterocycles. The highest BCUT2D eigenvalue weighted by Gasteiger charge is 2.19. The molecule has 0 spiro atoms. The summed E-state index contributed by atoms with van der Waals surface area (Å²) in [5, 5.41) is 10.7. The molecule has 1 aromatic heterocycles. The maximum Gasteiger partial charge on any atom is 0.228 e. The zero-order valence-corrected chi connectivity index (χ0v) is 11.0. The number of aromatic nitrogens is 3. The zero-order valence-electron chi connectivity index (χ0n) is 11.0. The van der Waals surface area contributed by atoms with Gasteiger partial charge < -0.3 is 10.1 Å². The van der Waals surface area contributed by atoms with E-state index in [1.807, 2.05) is 30.3 Å². The van der Waals surface area contributed by atoms with E-state index in [2.05, 4.69) is 15.6 Å². The predicted molar refractivity (Wildman–Crippen MR) is 73.6 cm³/mol. The van der Waals surface area contributed by atoms with Gasteiger partial charge in [0.2, 0.25) is 5.91 Å². The van der Waals surface area contributed by atoms with Crippen LogP contribution in [0, 0.1) is 0 Å². The molecule has 3 rings (SSSR count). The van der Waals surface area contributed by atoms with Crippen molar-refractivity contribution in [2.75, 3.05) is 11.9 Å². The normalized spacial score (nSPS) is 18.1. The van der Waals surface area contributed by atoms with Gasteiger partial charge in [-0.1, -0.05) is 23.4 Å². The molecule has 6 nitrogen and oxygen atoms in total. The molecule has 6 heteroatoms. The summed E-state index contributed by atoms with van der Waals surface area (Å²) >= 11 is 0. The topological polar surface area (TPSA) is 69.0 Å². The minimum atomic E-state index is -0.0861. The Kier molecular flexibility index (Phi) is 3.73. The third kappa shape index (κ3) is 3.03. The molecule has 1 aliphatic heterocycles. The molecular weight excluding hydrogens is 256 g/mol. The van der Waals surface area contributed by atoms with Crippen molar-refractivity contribution in [2.45, 2.75) is 25.4 Å². The molecule has 0 bridgehead atoms. The van der Waals surface area contributed by atoms with Gasteiger partial charge in [0, 0.05) is 6.61 Å². The van der Waals surface area contributed by atoms with Crippen LogP contribution >= 0.6 is 0 Å². The van der Waals surface area contributed by atoms with Crippen molar-refractivity contribution in [1.82, 2.24) is 15.0 Å². The summed E-state index contributed by atoms with van der Waals surface area (Å²) < 4.78 is 7.06. The van der Waals surface area contributed by atoms with E-state index in [4.69, 9.17) is 4.74 Å². The van der Waals surface area contributed by atoms with Crippen LogP contribution in [-0.2, 0) is 9.53 Å². The molecule has 20 heavy (non-hydrogen) atoms. The second-order valence-corrected chi connectivity index (χ2v) is 4.77. The van der Waals surface area contributed by atoms with Crippen molar-refractivity contribution in [3.05, 3.63) is 36.5 Å². The Morgan fingerprint density at radius 2 is 2.25 bits per heavy atom. The minimum Gasteiger partial charge on any atom is -0.378 e. The smallest absolute Gasteiger partial charge is 0.228 e. The number of rotatable bonds is 4. The number of hydrogen-bond donors (Lipinski definition) is 1. The van der Waals surface area contributed by atoms with Gasteiger partial charge in [0.15, 0.2) is 5.82 Å². The Hall–Kier alpha value is -2.21. The lowest BCUT2D eigenvalue weighted by molar-refractivity contribution is -0.118. The molecule has 1 aliphatic rings. The molecule has 104 valence electrons. The standard InChI is InChI=1S/C14H16N4O2/c19-14(9-12-7-4-8-20-12)15-13-10-18(17-16-13)11-5-2-1-3-6-11/h1-3,5-6,10,12H,4,7-9H2,(H,15,19). The van der Waals surface area contributed by atoms with Crippen molar-refractivity contribution < 1.29 is 9.53 Å². The molecule has 1 atom stereocenters. The van der Waals surface area contributed by atoms with Crippen LogP contribution in [0.3, 0.4) is 0 Å². The Bertz CT molecular complexity index is 576. The van der Waals surface area contributed by atoms with Gasteiger partial charge in [-0.3, -0.25) is 4.79 Å². The van der Waals surface area contributed by atoms with Crippen LogP contribution in [0.5, 0.6) is 0 Å². The summed E-state index contributed by atoms with van der Waals surface area (Å²) in [5.41, 5.74) is 0.902. The first-order chi connectivity index (χ1) is 9.81. The van der Waals surface area contributed by atoms with Crippen molar-refractivity contribution in [3.8, 4) is 5.69 Å². The van der Waals surface area contributed by atoms with Crippen LogP contribution < -0.4 is 5.32 Å². The van der Waals surface area contributed by atoms with Crippen LogP contribution in [0.1, 0.15) is 19.3 Å². The highest BCUT2D eigenvalue weighted by atomic mass is 16.5. The van der Waals surface area contributed by atoms with E-state index < -0.39 is 0 Å². The van der Waals surface area contributed by atoms with Crippen LogP contribution in [0.4, 0.5) is 5.82 Å². The van der Waals surface area contributed by atoms with Gasteiger partial charge in [-0.25, -0.2) is 4.68 Å². The van der Waals surface area contributed by atoms with E-state index in [1.165, 1.54) is 0 Å². The lowest BCUT2D eigenvalue weighted by Crippen LogP contribution is -2.19. The van der Waals surface area contributed by atoms with Gasteiger partial charge in [0.1, 0.15) is 0 Å². The Balaban J connectivity index is 1.61. The highest BCUT2D eigenvalue weighted by Crippen LogP contribution is 2.16. The van der Waals surface area contributed by atoms with Crippen LogP contribution in [0.2, 0.25) is 0 Å². The van der Waals surface area contributed by atoms with Crippen molar-refractivity contribution in [2.24, 2.45) is 0 Å². The molecule has 1 unspecified atom stereocenters. The summed E-state index contributed by atoms with van der Waals surface area (Å²) in [6.45, 7) is 0.752. The quantitative estimate of drug-likeness (QED) is 0.921. The monoisotopic (exact) mass is 272 g/mol. The highest BCUT2D eigenvalue weighted by molar-refractivity contribution is 5.89. The largest absolute Gasteiger partial charge is 0.378 e. The maximum atomic E-state index is 11.8. The predicted octanol–water partition coefficient (Wildman–Crippen LogP) is 1.77. The van der Waals surface area contributed by atoms with E-state index >= 15 is 0 Å². The van der Waals surface area contributed by atoms with Gasteiger partial charge in [-0.2, -0.15) is 0 Å². The number of ether oxygens (including phenoxy) is 1. The SMILES string of the molecule is O=C(CC1CCCO1)Nc1cn(-c2ccccc2)nn1. The second-order valence-electron chi connectivity index (χ2n) is 4.77. The van der Waals surface area contributed by atoms with Gasteiger partial charge in [-0.15, -0.1) is 5.10 Å². The van der Waals surface area contributed by atoms with Gasteiger partial charge in [0.05, 0.1) is 24.4 Å². The van der Waals surface area contributed by atoms with E-state index in [9.17, 15) is 4.79 Å². The van der Waals surface area contributed by atoms with Crippen LogP contribution in [0.15, 0.2) is 36.5 Å². The Labute approximate surface area is 116 Å². The third-order valence-electron chi connectivity index (χ3n) is 3.22. The number of amides is 1. The summed E-state index contributed by atoms with van der Waals surface area (Å²) in [6.07, 6.45) is 4.09. The number of para-hydroxylation sites is 1. The van der Waals surface area contributed by atoms with Crippen molar-refractivity contribution >= 4 is 11.7 Å². The molecule has 1 amide bonds. The molecule has 1 aromatic carbocycles. The summed E-state index contributed by atoms with van der Waals surface area (Å²) in [4.78, 5) is 11.8. The lowest BCUT2D eigenvalue weighted by atomic mass is 10.2. The number of nitrogens with zero attached hydrogens (tertiary/aromatic N) is 3. The first kappa shape index (κ1) is 12.8. The number of hydrogen-bond acceptors (Lipinski definition) is 4. The summed E-state index contributed by atoms with van der Waals surface area (Å²) in [5.74, 6) is 0.369. The summed E-state index contributed by atoms with van der Waals surface area (Å²) in [7, 11) is 0. The van der Waals surface area contributed by atoms with Gasteiger partial charge in [0.25, 0.3) is 0 Å². The first-order valence-electron chi connectivity index (χ1n) is 6.70. The number of carbonyl (C=O) groups is 1. The van der Waals surface area contributed by atoms with Crippen molar-refractivity contribution in [1.29, 1.82) is 0 Å². The molecule has 2 heterocycles. The molecular formula is C14H16N4O2.